The number of Topliss-reactive ketones (excluding diaryl/α,β-unsaturated/α-hetero) is 1. The van der Waals surface area contributed by atoms with E-state index in [1.165, 1.54) is 17.4 Å². The Kier molecular flexibility index (Phi) is 4.57. The first-order valence-corrected chi connectivity index (χ1v) is 8.78. The van der Waals surface area contributed by atoms with Crippen LogP contribution in [0.3, 0.4) is 0 Å². The van der Waals surface area contributed by atoms with E-state index in [-0.39, 0.29) is 21.1 Å². The van der Waals surface area contributed by atoms with Crippen LogP contribution in [0.15, 0.2) is 11.0 Å². The lowest BCUT2D eigenvalue weighted by atomic mass is 9.95. The highest BCUT2D eigenvalue weighted by Crippen LogP contribution is 2.36. The summed E-state index contributed by atoms with van der Waals surface area (Å²) in [5.74, 6) is 0.193. The van der Waals surface area contributed by atoms with E-state index < -0.39 is 10.0 Å². The fraction of sp³-hybridized carbons (Fsp3) is 0.545. The van der Waals surface area contributed by atoms with Crippen LogP contribution >= 0.6 is 34.5 Å². The van der Waals surface area contributed by atoms with Crippen molar-refractivity contribution in [3.8, 4) is 0 Å². The van der Waals surface area contributed by atoms with Gasteiger partial charge in [0, 0.05) is 25.9 Å². The molecule has 0 amide bonds. The maximum absolute atomic E-state index is 12.5. The van der Waals surface area contributed by atoms with E-state index in [0.29, 0.717) is 30.0 Å². The quantitative estimate of drug-likeness (QED) is 0.848. The lowest BCUT2D eigenvalue weighted by molar-refractivity contribution is -0.120. The predicted octanol–water partition coefficient (Wildman–Crippen LogP) is 3.19. The second-order valence-corrected chi connectivity index (χ2v) is 8.73. The third-order valence-electron chi connectivity index (χ3n) is 3.31. The Labute approximate surface area is 126 Å². The number of halogens is 2. The van der Waals surface area contributed by atoms with Crippen molar-refractivity contribution in [1.82, 2.24) is 4.31 Å². The summed E-state index contributed by atoms with van der Waals surface area (Å²) in [4.78, 5) is 11.2. The molecule has 1 heterocycles. The van der Waals surface area contributed by atoms with Crippen LogP contribution in [0.1, 0.15) is 25.7 Å². The molecular formula is C11H13Cl2NO3S2. The van der Waals surface area contributed by atoms with Crippen molar-refractivity contribution in [2.45, 2.75) is 36.6 Å². The zero-order valence-corrected chi connectivity index (χ0v) is 13.4. The molecule has 106 valence electrons. The number of ketones is 1. The molecule has 0 N–H and O–H groups in total. The Morgan fingerprint density at radius 1 is 1.32 bits per heavy atom. The monoisotopic (exact) mass is 341 g/mol. The number of hydrogen-bond donors (Lipinski definition) is 0. The number of hydrogen-bond acceptors (Lipinski definition) is 4. The van der Waals surface area contributed by atoms with E-state index in [1.807, 2.05) is 0 Å². The highest BCUT2D eigenvalue weighted by molar-refractivity contribution is 7.89. The third kappa shape index (κ3) is 3.13. The maximum atomic E-state index is 12.5. The zero-order valence-electron chi connectivity index (χ0n) is 10.2. The number of thiophene rings is 1. The standard InChI is InChI=1S/C11H13Cl2NO3S2/c1-14(7-2-4-8(15)5-3-7)19(16,17)9-6-10(12)18-11(9)13/h6-7H,2-5H2,1H3. The van der Waals surface area contributed by atoms with Crippen molar-refractivity contribution >= 4 is 50.3 Å². The zero-order chi connectivity index (χ0) is 14.2. The van der Waals surface area contributed by atoms with Gasteiger partial charge < -0.3 is 0 Å². The lowest BCUT2D eigenvalue weighted by Gasteiger charge is -2.29. The molecule has 0 spiro atoms. The number of sulfonamides is 1. The molecule has 4 nitrogen and oxygen atoms in total. The van der Waals surface area contributed by atoms with Gasteiger partial charge in [-0.2, -0.15) is 4.31 Å². The fourth-order valence-corrected chi connectivity index (χ4v) is 5.67. The van der Waals surface area contributed by atoms with E-state index in [0.717, 1.165) is 11.3 Å². The summed E-state index contributed by atoms with van der Waals surface area (Å²) in [6.45, 7) is 0. The molecule has 0 aromatic carbocycles. The van der Waals surface area contributed by atoms with Crippen molar-refractivity contribution in [2.75, 3.05) is 7.05 Å². The van der Waals surface area contributed by atoms with Crippen molar-refractivity contribution in [2.24, 2.45) is 0 Å². The summed E-state index contributed by atoms with van der Waals surface area (Å²) in [7, 11) is -2.12. The maximum Gasteiger partial charge on any atom is 0.245 e. The molecule has 0 aliphatic heterocycles. The minimum atomic E-state index is -3.65. The van der Waals surface area contributed by atoms with Gasteiger partial charge in [-0.05, 0) is 18.9 Å². The van der Waals surface area contributed by atoms with Crippen molar-refractivity contribution < 1.29 is 13.2 Å². The Morgan fingerprint density at radius 3 is 2.37 bits per heavy atom. The number of rotatable bonds is 3. The van der Waals surface area contributed by atoms with Gasteiger partial charge in [0.2, 0.25) is 10.0 Å². The molecule has 1 aliphatic rings. The van der Waals surface area contributed by atoms with Gasteiger partial charge in [-0.15, -0.1) is 11.3 Å². The fourth-order valence-electron chi connectivity index (χ4n) is 2.14. The first-order valence-electron chi connectivity index (χ1n) is 5.77. The second-order valence-electron chi connectivity index (χ2n) is 4.48. The molecule has 1 saturated carbocycles. The van der Waals surface area contributed by atoms with Crippen LogP contribution in [0, 0.1) is 0 Å². The van der Waals surface area contributed by atoms with E-state index in [4.69, 9.17) is 23.2 Å². The lowest BCUT2D eigenvalue weighted by Crippen LogP contribution is -2.39. The van der Waals surface area contributed by atoms with Crippen molar-refractivity contribution in [3.05, 3.63) is 14.7 Å². The van der Waals surface area contributed by atoms with Crippen LogP contribution in [0.4, 0.5) is 0 Å². The molecule has 1 fully saturated rings. The van der Waals surface area contributed by atoms with Crippen LogP contribution < -0.4 is 0 Å². The number of nitrogens with zero attached hydrogens (tertiary/aromatic N) is 1. The summed E-state index contributed by atoms with van der Waals surface area (Å²) in [6, 6.07) is 1.21. The normalized spacial score (nSPS) is 18.2. The number of carbonyl (C=O) groups is 1. The van der Waals surface area contributed by atoms with Crippen LogP contribution in [0.5, 0.6) is 0 Å². The number of carbonyl (C=O) groups excluding carboxylic acids is 1. The van der Waals surface area contributed by atoms with Crippen LogP contribution in [-0.4, -0.2) is 31.6 Å². The summed E-state index contributed by atoms with van der Waals surface area (Å²) >= 11 is 12.7. The Hall–Kier alpha value is -0.140. The molecule has 0 saturated heterocycles. The second kappa shape index (κ2) is 5.69. The van der Waals surface area contributed by atoms with Crippen LogP contribution in [-0.2, 0) is 14.8 Å². The summed E-state index contributed by atoms with van der Waals surface area (Å²) in [5, 5.41) is 0. The Morgan fingerprint density at radius 2 is 1.89 bits per heavy atom. The molecule has 0 unspecified atom stereocenters. The van der Waals surface area contributed by atoms with Gasteiger partial charge in [-0.3, -0.25) is 4.79 Å². The molecule has 2 rings (SSSR count). The molecule has 1 aliphatic carbocycles. The first-order chi connectivity index (χ1) is 8.82. The molecule has 0 radical (unpaired) electrons. The summed E-state index contributed by atoms with van der Waals surface area (Å²) < 4.78 is 26.7. The van der Waals surface area contributed by atoms with E-state index in [9.17, 15) is 13.2 Å². The summed E-state index contributed by atoms with van der Waals surface area (Å²) in [5.41, 5.74) is 0. The van der Waals surface area contributed by atoms with Gasteiger partial charge in [-0.25, -0.2) is 8.42 Å². The molecule has 1 aromatic heterocycles. The Balaban J connectivity index is 2.24. The molecule has 19 heavy (non-hydrogen) atoms. The van der Waals surface area contributed by atoms with Gasteiger partial charge in [0.25, 0.3) is 0 Å². The van der Waals surface area contributed by atoms with Crippen LogP contribution in [0.25, 0.3) is 0 Å². The SMILES string of the molecule is CN(C1CCC(=O)CC1)S(=O)(=O)c1cc(Cl)sc1Cl. The molecule has 8 heteroatoms. The molecular weight excluding hydrogens is 329 g/mol. The highest BCUT2D eigenvalue weighted by atomic mass is 35.5. The van der Waals surface area contributed by atoms with E-state index >= 15 is 0 Å². The molecule has 0 atom stereocenters. The summed E-state index contributed by atoms with van der Waals surface area (Å²) in [6.07, 6.45) is 1.99. The predicted molar refractivity (Wildman–Crippen MR) is 76.6 cm³/mol. The van der Waals surface area contributed by atoms with Gasteiger partial charge >= 0.3 is 0 Å². The Bertz CT molecular complexity index is 587. The first kappa shape index (κ1) is 15.3. The average Bonchev–Trinajstić information content (AvgIpc) is 2.69. The molecule has 0 bridgehead atoms. The van der Waals surface area contributed by atoms with Gasteiger partial charge in [0.05, 0.1) is 4.34 Å². The van der Waals surface area contributed by atoms with Crippen molar-refractivity contribution in [3.63, 3.8) is 0 Å². The average molecular weight is 342 g/mol. The minimum absolute atomic E-state index is 0.0450. The minimum Gasteiger partial charge on any atom is -0.300 e. The molecule has 1 aromatic rings. The smallest absolute Gasteiger partial charge is 0.245 e. The van der Waals surface area contributed by atoms with E-state index in [1.54, 1.807) is 0 Å². The van der Waals surface area contributed by atoms with Crippen molar-refractivity contribution in [1.29, 1.82) is 0 Å². The van der Waals surface area contributed by atoms with Gasteiger partial charge in [-0.1, -0.05) is 23.2 Å². The van der Waals surface area contributed by atoms with E-state index in [2.05, 4.69) is 0 Å². The largest absolute Gasteiger partial charge is 0.300 e. The highest BCUT2D eigenvalue weighted by Gasteiger charge is 2.33. The van der Waals surface area contributed by atoms with Crippen LogP contribution in [0.2, 0.25) is 8.67 Å². The van der Waals surface area contributed by atoms with Gasteiger partial charge in [0.15, 0.2) is 0 Å². The topological polar surface area (TPSA) is 54.5 Å². The third-order valence-corrected chi connectivity index (χ3v) is 6.97. The van der Waals surface area contributed by atoms with Gasteiger partial charge in [0.1, 0.15) is 15.0 Å².